The Morgan fingerprint density at radius 2 is 2.29 bits per heavy atom. The average molecular weight is 405 g/mol. The maximum Gasteiger partial charge on any atom is 0.243 e. The Kier molecular flexibility index (Phi) is 6.54. The molecule has 3 heterocycles. The lowest BCUT2D eigenvalue weighted by atomic mass is 10.2. The van der Waals surface area contributed by atoms with Gasteiger partial charge in [-0.25, -0.2) is 10.4 Å². The Morgan fingerprint density at radius 1 is 1.43 bits per heavy atom. The molecule has 28 heavy (non-hydrogen) atoms. The van der Waals surface area contributed by atoms with Crippen LogP contribution in [0.25, 0.3) is 0 Å². The van der Waals surface area contributed by atoms with Crippen molar-refractivity contribution in [3.8, 4) is 5.75 Å². The molecule has 1 amide bonds. The van der Waals surface area contributed by atoms with Gasteiger partial charge in [0, 0.05) is 31.0 Å². The van der Waals surface area contributed by atoms with Gasteiger partial charge in [0.15, 0.2) is 0 Å². The van der Waals surface area contributed by atoms with Gasteiger partial charge in [-0.05, 0) is 37.0 Å². The van der Waals surface area contributed by atoms with E-state index in [1.807, 2.05) is 30.0 Å². The van der Waals surface area contributed by atoms with Gasteiger partial charge in [0.1, 0.15) is 11.2 Å². The highest BCUT2D eigenvalue weighted by molar-refractivity contribution is 8.00. The fraction of sp³-hybridized carbons (Fsp3) is 0.550. The third-order valence-corrected chi connectivity index (χ3v) is 6.59. The number of rotatable bonds is 7. The molecule has 4 unspecified atom stereocenters. The van der Waals surface area contributed by atoms with Crippen LogP contribution in [0.5, 0.6) is 5.75 Å². The predicted molar refractivity (Wildman–Crippen MR) is 110 cm³/mol. The number of carbonyl (C=O) groups excluding carboxylic acids is 1. The normalized spacial score (nSPS) is 30.0. The highest BCUT2D eigenvalue weighted by atomic mass is 32.2. The molecule has 3 fully saturated rings. The van der Waals surface area contributed by atoms with E-state index in [0.717, 1.165) is 37.4 Å². The van der Waals surface area contributed by atoms with Crippen LogP contribution in [-0.4, -0.2) is 54.6 Å². The van der Waals surface area contributed by atoms with Crippen LogP contribution in [0.1, 0.15) is 31.0 Å². The molecule has 0 radical (unpaired) electrons. The summed E-state index contributed by atoms with van der Waals surface area (Å²) in [5.41, 5.74) is 5.01. The lowest BCUT2D eigenvalue weighted by Gasteiger charge is -2.23. The molecule has 3 N–H and O–H groups in total. The van der Waals surface area contributed by atoms with Gasteiger partial charge in [-0.1, -0.05) is 18.2 Å². The lowest BCUT2D eigenvalue weighted by molar-refractivity contribution is -0.116. The first-order valence-electron chi connectivity index (χ1n) is 9.86. The van der Waals surface area contributed by atoms with Crippen molar-refractivity contribution in [2.24, 2.45) is 0 Å². The number of fused-ring (bicyclic) bond motifs is 1. The van der Waals surface area contributed by atoms with Gasteiger partial charge in [-0.15, -0.1) is 11.8 Å². The van der Waals surface area contributed by atoms with Crippen LogP contribution in [0, 0.1) is 0 Å². The monoisotopic (exact) mass is 404 g/mol. The third-order valence-electron chi connectivity index (χ3n) is 5.33. The van der Waals surface area contributed by atoms with E-state index in [4.69, 9.17) is 9.47 Å². The van der Waals surface area contributed by atoms with E-state index in [1.165, 1.54) is 5.56 Å². The van der Waals surface area contributed by atoms with E-state index >= 15 is 0 Å². The van der Waals surface area contributed by atoms with Gasteiger partial charge >= 0.3 is 0 Å². The fourth-order valence-corrected chi connectivity index (χ4v) is 5.10. The van der Waals surface area contributed by atoms with Gasteiger partial charge in [-0.3, -0.25) is 10.1 Å². The molecule has 3 aliphatic rings. The van der Waals surface area contributed by atoms with Crippen molar-refractivity contribution >= 4 is 17.7 Å². The van der Waals surface area contributed by atoms with Crippen molar-refractivity contribution in [3.63, 3.8) is 0 Å². The minimum atomic E-state index is -0.0404. The van der Waals surface area contributed by atoms with Crippen LogP contribution in [0.3, 0.4) is 0 Å². The number of hydrogen-bond donors (Lipinski definition) is 3. The molecule has 1 aromatic carbocycles. The Morgan fingerprint density at radius 3 is 3.04 bits per heavy atom. The molecule has 152 valence electrons. The summed E-state index contributed by atoms with van der Waals surface area (Å²) < 4.78 is 10.7. The zero-order valence-electron chi connectivity index (χ0n) is 16.1. The largest absolute Gasteiger partial charge is 0.497 e. The molecule has 0 aliphatic carbocycles. The zero-order chi connectivity index (χ0) is 19.3. The summed E-state index contributed by atoms with van der Waals surface area (Å²) >= 11 is 1.90. The molecule has 0 bridgehead atoms. The first-order valence-corrected chi connectivity index (χ1v) is 10.9. The van der Waals surface area contributed by atoms with Crippen LogP contribution in [0.2, 0.25) is 0 Å². The van der Waals surface area contributed by atoms with Crippen LogP contribution in [0.15, 0.2) is 36.4 Å². The first-order chi connectivity index (χ1) is 13.7. The molecule has 0 aromatic heterocycles. The number of hydrazine groups is 1. The molecule has 3 saturated heterocycles. The highest BCUT2D eigenvalue weighted by Gasteiger charge is 2.41. The smallest absolute Gasteiger partial charge is 0.243 e. The number of benzene rings is 1. The van der Waals surface area contributed by atoms with Crippen LogP contribution < -0.4 is 20.8 Å². The molecule has 1 aromatic rings. The van der Waals surface area contributed by atoms with Crippen molar-refractivity contribution in [3.05, 3.63) is 42.0 Å². The molecule has 0 spiro atoms. The van der Waals surface area contributed by atoms with Gasteiger partial charge in [0.25, 0.3) is 0 Å². The van der Waals surface area contributed by atoms with Crippen LogP contribution in [0.4, 0.5) is 0 Å². The number of hydrogen-bond acceptors (Lipinski definition) is 7. The Balaban J connectivity index is 1.22. The third kappa shape index (κ3) is 4.69. The molecule has 3 aliphatic heterocycles. The minimum absolute atomic E-state index is 0.0404. The number of thioether (sulfide) groups is 1. The van der Waals surface area contributed by atoms with Crippen molar-refractivity contribution in [1.29, 1.82) is 0 Å². The molecule has 4 rings (SSSR count). The van der Waals surface area contributed by atoms with E-state index in [-0.39, 0.29) is 23.7 Å². The number of ether oxygens (including phenoxy) is 2. The molecule has 8 heteroatoms. The van der Waals surface area contributed by atoms with Gasteiger partial charge in [-0.2, -0.15) is 0 Å². The number of carbonyl (C=O) groups is 1. The summed E-state index contributed by atoms with van der Waals surface area (Å²) in [6, 6.07) is 8.49. The van der Waals surface area contributed by atoms with Crippen molar-refractivity contribution in [2.75, 3.05) is 26.0 Å². The van der Waals surface area contributed by atoms with Crippen LogP contribution in [-0.2, 0) is 9.53 Å². The van der Waals surface area contributed by atoms with Crippen LogP contribution >= 0.6 is 11.8 Å². The molecular formula is C20H28N4O3S. The summed E-state index contributed by atoms with van der Waals surface area (Å²) in [7, 11) is 1.68. The number of nitrogens with zero attached hydrogens (tertiary/aromatic N) is 1. The van der Waals surface area contributed by atoms with E-state index in [0.29, 0.717) is 12.6 Å². The van der Waals surface area contributed by atoms with E-state index in [2.05, 4.69) is 33.2 Å². The molecule has 7 nitrogen and oxygen atoms in total. The summed E-state index contributed by atoms with van der Waals surface area (Å²) in [5, 5.41) is 8.89. The topological polar surface area (TPSA) is 74.9 Å². The maximum absolute atomic E-state index is 12.0. The van der Waals surface area contributed by atoms with Crippen molar-refractivity contribution < 1.29 is 14.3 Å². The van der Waals surface area contributed by atoms with Crippen molar-refractivity contribution in [2.45, 2.75) is 43.1 Å². The second kappa shape index (κ2) is 9.28. The second-order valence-corrected chi connectivity index (χ2v) is 8.35. The molecule has 4 atom stereocenters. The fourth-order valence-electron chi connectivity index (χ4n) is 3.74. The predicted octanol–water partition coefficient (Wildman–Crippen LogP) is 1.74. The zero-order valence-corrected chi connectivity index (χ0v) is 16.9. The Bertz CT molecular complexity index is 693. The van der Waals surface area contributed by atoms with Gasteiger partial charge in [0.2, 0.25) is 5.91 Å². The summed E-state index contributed by atoms with van der Waals surface area (Å²) in [4.78, 5) is 12.0. The lowest BCUT2D eigenvalue weighted by Crippen LogP contribution is -2.42. The molecule has 0 saturated carbocycles. The van der Waals surface area contributed by atoms with E-state index < -0.39 is 0 Å². The van der Waals surface area contributed by atoms with E-state index in [9.17, 15) is 4.79 Å². The van der Waals surface area contributed by atoms with Crippen molar-refractivity contribution in [1.82, 2.24) is 21.1 Å². The standard InChI is InChI=1S/C20H28N4O3S/c1-26-16-6-4-14(5-7-16)19-22-20-24(23-19)15(13-28-20)10-11-21-18(25)9-8-17-3-2-12-27-17/h4-9,15,17,19-20,22-23H,2-3,10-13H2,1H3,(H,21,25)/b9-8+. The highest BCUT2D eigenvalue weighted by Crippen LogP contribution is 2.34. The van der Waals surface area contributed by atoms with Gasteiger partial charge in [0.05, 0.1) is 19.4 Å². The maximum atomic E-state index is 12.0. The molecular weight excluding hydrogens is 376 g/mol. The quantitative estimate of drug-likeness (QED) is 0.598. The minimum Gasteiger partial charge on any atom is -0.497 e. The van der Waals surface area contributed by atoms with Gasteiger partial charge < -0.3 is 14.8 Å². The number of amides is 1. The Hall–Kier alpha value is -1.58. The average Bonchev–Trinajstić information content (AvgIpc) is 3.45. The number of nitrogens with one attached hydrogen (secondary N) is 3. The number of methoxy groups -OCH3 is 1. The first kappa shape index (κ1) is 19.7. The summed E-state index contributed by atoms with van der Waals surface area (Å²) in [6.45, 7) is 1.46. The summed E-state index contributed by atoms with van der Waals surface area (Å²) in [5.74, 6) is 1.86. The SMILES string of the molecule is COc1ccc(C2NC3SCC(CCNC(=O)/C=C/C4CCCO4)N3N2)cc1. The Labute approximate surface area is 170 Å². The summed E-state index contributed by atoms with van der Waals surface area (Å²) in [6.07, 6.45) is 6.67. The second-order valence-electron chi connectivity index (χ2n) is 7.24. The van der Waals surface area contributed by atoms with E-state index in [1.54, 1.807) is 13.2 Å².